The molecular formula is C33H23N7O7S. The zero-order valence-electron chi connectivity index (χ0n) is 24.5. The fraction of sp³-hybridized carbons (Fsp3) is 0. The van der Waals surface area contributed by atoms with Crippen molar-refractivity contribution in [2.75, 3.05) is 5.73 Å². The molecule has 0 heterocycles. The van der Waals surface area contributed by atoms with Gasteiger partial charge in [0.2, 0.25) is 0 Å². The summed E-state index contributed by atoms with van der Waals surface area (Å²) >= 11 is 0. The summed E-state index contributed by atoms with van der Waals surface area (Å²) in [5.41, 5.74) is 8.49. The summed E-state index contributed by atoms with van der Waals surface area (Å²) in [6.07, 6.45) is 0. The predicted molar refractivity (Wildman–Crippen MR) is 178 cm³/mol. The van der Waals surface area contributed by atoms with E-state index in [4.69, 9.17) is 10.5 Å². The van der Waals surface area contributed by atoms with Crippen molar-refractivity contribution in [1.29, 1.82) is 0 Å². The lowest BCUT2D eigenvalue weighted by atomic mass is 10.1. The van der Waals surface area contributed by atoms with Crippen LogP contribution in [0.25, 0.3) is 21.5 Å². The molecule has 0 amide bonds. The number of nitrogens with two attached hydrogens (primary N) is 1. The van der Waals surface area contributed by atoms with E-state index in [1.807, 2.05) is 0 Å². The minimum atomic E-state index is -4.54. The summed E-state index contributed by atoms with van der Waals surface area (Å²) in [6.45, 7) is 0.194. The molecule has 0 saturated heterocycles. The van der Waals surface area contributed by atoms with Crippen molar-refractivity contribution in [2.45, 2.75) is 4.90 Å². The lowest BCUT2D eigenvalue weighted by Crippen LogP contribution is -1.97. The van der Waals surface area contributed by atoms with Crippen molar-refractivity contribution in [1.82, 2.24) is 0 Å². The van der Waals surface area contributed by atoms with E-state index in [-0.39, 0.29) is 40.0 Å². The molecule has 0 fully saturated rings. The largest absolute Gasteiger partial charge is 0.505 e. The number of aromatic hydroxyl groups is 2. The number of ether oxygens (including phenoxy) is 1. The molecule has 15 heteroatoms. The maximum atomic E-state index is 11.9. The number of carbonyl (C=O) groups excluding carboxylic acids is 1. The van der Waals surface area contributed by atoms with Crippen LogP contribution in [-0.2, 0) is 14.9 Å². The van der Waals surface area contributed by atoms with Crippen molar-refractivity contribution in [3.63, 3.8) is 0 Å². The maximum absolute atomic E-state index is 11.9. The Kier molecular flexibility index (Phi) is 8.53. The molecule has 48 heavy (non-hydrogen) atoms. The van der Waals surface area contributed by atoms with Gasteiger partial charge in [-0.2, -0.15) is 23.8 Å². The van der Waals surface area contributed by atoms with Gasteiger partial charge in [-0.1, -0.05) is 12.1 Å². The molecule has 0 atom stereocenters. The van der Waals surface area contributed by atoms with Gasteiger partial charge in [-0.25, -0.2) is 0 Å². The van der Waals surface area contributed by atoms with Gasteiger partial charge in [0.1, 0.15) is 5.69 Å². The first-order chi connectivity index (χ1) is 23.1. The molecule has 0 unspecified atom stereocenters. The van der Waals surface area contributed by atoms with Crippen LogP contribution >= 0.6 is 0 Å². The molecule has 0 radical (unpaired) electrons. The maximum Gasteiger partial charge on any atom is 0.298 e. The second-order valence-electron chi connectivity index (χ2n) is 10.2. The van der Waals surface area contributed by atoms with Crippen LogP contribution in [0.4, 0.5) is 39.8 Å². The highest BCUT2D eigenvalue weighted by atomic mass is 32.2. The molecule has 6 aromatic carbocycles. The quantitative estimate of drug-likeness (QED) is 0.0505. The van der Waals surface area contributed by atoms with E-state index in [0.29, 0.717) is 44.6 Å². The highest BCUT2D eigenvalue weighted by Gasteiger charge is 2.14. The van der Waals surface area contributed by atoms with Crippen molar-refractivity contribution in [2.24, 2.45) is 30.7 Å². The number of rotatable bonds is 9. The van der Waals surface area contributed by atoms with Crippen molar-refractivity contribution < 1.29 is 32.7 Å². The van der Waals surface area contributed by atoms with Gasteiger partial charge in [-0.05, 0) is 90.3 Å². The molecule has 0 aromatic heterocycles. The van der Waals surface area contributed by atoms with Gasteiger partial charge in [0.25, 0.3) is 16.6 Å². The number of phenols is 2. The van der Waals surface area contributed by atoms with Gasteiger partial charge in [0, 0.05) is 27.9 Å². The highest BCUT2D eigenvalue weighted by molar-refractivity contribution is 7.85. The predicted octanol–water partition coefficient (Wildman–Crippen LogP) is 9.01. The van der Waals surface area contributed by atoms with E-state index in [1.165, 1.54) is 36.4 Å². The summed E-state index contributed by atoms with van der Waals surface area (Å²) < 4.78 is 38.3. The average molecular weight is 662 g/mol. The molecule has 5 N–H and O–H groups in total. The van der Waals surface area contributed by atoms with Crippen LogP contribution in [0.1, 0.15) is 0 Å². The Morgan fingerprint density at radius 3 is 1.90 bits per heavy atom. The molecule has 0 aliphatic carbocycles. The van der Waals surface area contributed by atoms with E-state index in [1.54, 1.807) is 66.7 Å². The Bertz CT molecular complexity index is 2410. The number of carbonyl (C=O) groups is 1. The lowest BCUT2D eigenvalue weighted by Gasteiger charge is -2.07. The van der Waals surface area contributed by atoms with Gasteiger partial charge in [0.05, 0.1) is 33.3 Å². The van der Waals surface area contributed by atoms with Crippen molar-refractivity contribution in [3.8, 4) is 17.2 Å². The zero-order chi connectivity index (χ0) is 33.8. The van der Waals surface area contributed by atoms with E-state index < -0.39 is 10.1 Å². The fourth-order valence-electron chi connectivity index (χ4n) is 4.66. The topological polar surface area (TPSA) is 221 Å². The third-order valence-electron chi connectivity index (χ3n) is 7.02. The summed E-state index contributed by atoms with van der Waals surface area (Å²) in [7, 11) is -4.54. The summed E-state index contributed by atoms with van der Waals surface area (Å²) in [5, 5.41) is 47.8. The highest BCUT2D eigenvalue weighted by Crippen LogP contribution is 2.40. The van der Waals surface area contributed by atoms with Crippen LogP contribution in [0, 0.1) is 0 Å². The number of nitrogen functional groups attached to an aromatic ring is 1. The Hall–Kier alpha value is -6.58. The number of benzene rings is 6. The van der Waals surface area contributed by atoms with Gasteiger partial charge >= 0.3 is 0 Å². The minimum Gasteiger partial charge on any atom is -0.505 e. The van der Waals surface area contributed by atoms with E-state index >= 15 is 0 Å². The molecule has 14 nitrogen and oxygen atoms in total. The first-order valence-electron chi connectivity index (χ1n) is 13.9. The molecule has 6 aromatic rings. The number of hydrogen-bond donors (Lipinski definition) is 4. The number of phenolic OH excluding ortho intramolecular Hbond substituents is 2. The molecule has 0 spiro atoms. The van der Waals surface area contributed by atoms with Crippen LogP contribution in [0.2, 0.25) is 0 Å². The number of azo groups is 3. The van der Waals surface area contributed by atoms with E-state index in [0.717, 1.165) is 5.39 Å². The minimum absolute atomic E-state index is 0.0504. The molecule has 0 saturated carbocycles. The Labute approximate surface area is 272 Å². The zero-order valence-corrected chi connectivity index (χ0v) is 25.4. The normalized spacial score (nSPS) is 12.1. The molecule has 238 valence electrons. The van der Waals surface area contributed by atoms with E-state index in [2.05, 4.69) is 30.7 Å². The first kappa shape index (κ1) is 31.4. The van der Waals surface area contributed by atoms with Crippen LogP contribution < -0.4 is 10.5 Å². The standard InChI is InChI=1S/C33H23N7O7S/c34-20-2-9-25-19(15-20)1-11-30(33(25)43)40-39-29-13-12-28(26-10-8-24(17-27(26)29)48(44,45)46)38-36-22-5-3-21(4-6-22)35-37-23-7-14-31(42)32(16-23)47-18-41/h1-18,42-43H,34H2,(H,44,45,46). The smallest absolute Gasteiger partial charge is 0.298 e. The molecule has 0 aliphatic heterocycles. The van der Waals surface area contributed by atoms with Crippen LogP contribution in [0.5, 0.6) is 17.2 Å². The van der Waals surface area contributed by atoms with Crippen LogP contribution in [-0.4, -0.2) is 29.7 Å². The second kappa shape index (κ2) is 13.0. The van der Waals surface area contributed by atoms with Crippen molar-refractivity contribution in [3.05, 3.63) is 103 Å². The monoisotopic (exact) mass is 661 g/mol. The Morgan fingerprint density at radius 2 is 1.19 bits per heavy atom. The second-order valence-corrected chi connectivity index (χ2v) is 11.6. The third kappa shape index (κ3) is 6.81. The number of hydrogen-bond acceptors (Lipinski definition) is 13. The number of fused-ring (bicyclic) bond motifs is 2. The third-order valence-corrected chi connectivity index (χ3v) is 7.87. The Morgan fingerprint density at radius 1 is 0.604 bits per heavy atom. The Balaban J connectivity index is 1.28. The molecular weight excluding hydrogens is 638 g/mol. The van der Waals surface area contributed by atoms with Crippen molar-refractivity contribution >= 4 is 77.9 Å². The summed E-state index contributed by atoms with van der Waals surface area (Å²) in [4.78, 5) is 10.2. The van der Waals surface area contributed by atoms with Gasteiger partial charge < -0.3 is 20.7 Å². The van der Waals surface area contributed by atoms with E-state index in [9.17, 15) is 28.0 Å². The SMILES string of the molecule is Nc1ccc2c(O)c(N=Nc3ccc(N=Nc4ccc(N=Nc5ccc(O)c(OC=O)c5)cc4)c4ccc(S(=O)(=O)O)cc34)ccc2c1. The molecule has 0 bridgehead atoms. The number of nitrogens with zero attached hydrogens (tertiary/aromatic N) is 6. The summed E-state index contributed by atoms with van der Waals surface area (Å²) in [6, 6.07) is 26.3. The lowest BCUT2D eigenvalue weighted by molar-refractivity contribution is -0.120. The van der Waals surface area contributed by atoms with Gasteiger partial charge in [-0.3, -0.25) is 9.35 Å². The van der Waals surface area contributed by atoms with Crippen LogP contribution in [0.3, 0.4) is 0 Å². The fourth-order valence-corrected chi connectivity index (χ4v) is 5.17. The first-order valence-corrected chi connectivity index (χ1v) is 15.4. The average Bonchev–Trinajstić information content (AvgIpc) is 3.07. The molecule has 0 aliphatic rings. The molecule has 6 rings (SSSR count). The van der Waals surface area contributed by atoms with Crippen LogP contribution in [0.15, 0.2) is 139 Å². The van der Waals surface area contributed by atoms with Gasteiger partial charge in [-0.15, -0.1) is 15.3 Å². The summed E-state index contributed by atoms with van der Waals surface area (Å²) in [5.74, 6) is -0.365. The van der Waals surface area contributed by atoms with Gasteiger partial charge in [0.15, 0.2) is 17.2 Å². The number of anilines is 1.